The quantitative estimate of drug-likeness (QED) is 0.435. The van der Waals surface area contributed by atoms with Crippen LogP contribution in [0.3, 0.4) is 0 Å². The molecule has 1 heterocycles. The van der Waals surface area contributed by atoms with Crippen molar-refractivity contribution in [3.05, 3.63) is 77.6 Å². The second kappa shape index (κ2) is 10.4. The molecule has 2 atom stereocenters. The van der Waals surface area contributed by atoms with E-state index in [-0.39, 0.29) is 31.4 Å². The molecule has 0 fully saturated rings. The van der Waals surface area contributed by atoms with Gasteiger partial charge >= 0.3 is 12.1 Å². The van der Waals surface area contributed by atoms with Gasteiger partial charge in [-0.3, -0.25) is 14.3 Å². The van der Waals surface area contributed by atoms with Gasteiger partial charge in [-0.25, -0.2) is 4.79 Å². The van der Waals surface area contributed by atoms with Crippen LogP contribution < -0.4 is 10.6 Å². The van der Waals surface area contributed by atoms with Gasteiger partial charge in [-0.05, 0) is 35.6 Å². The minimum atomic E-state index is -1.06. The molecule has 9 nitrogen and oxygen atoms in total. The summed E-state index contributed by atoms with van der Waals surface area (Å²) < 4.78 is 7.15. The summed E-state index contributed by atoms with van der Waals surface area (Å²) >= 11 is 0. The van der Waals surface area contributed by atoms with Gasteiger partial charge in [0, 0.05) is 31.1 Å². The summed E-state index contributed by atoms with van der Waals surface area (Å²) in [4.78, 5) is 36.6. The van der Waals surface area contributed by atoms with Crippen LogP contribution in [0.2, 0.25) is 0 Å². The van der Waals surface area contributed by atoms with E-state index in [2.05, 4.69) is 15.7 Å². The number of amides is 2. The molecule has 0 spiro atoms. The topological polar surface area (TPSA) is 123 Å². The fourth-order valence-corrected chi connectivity index (χ4v) is 4.38. The molecule has 0 bridgehead atoms. The summed E-state index contributed by atoms with van der Waals surface area (Å²) in [5, 5.41) is 18.5. The summed E-state index contributed by atoms with van der Waals surface area (Å²) in [5.74, 6) is -1.67. The van der Waals surface area contributed by atoms with Crippen molar-refractivity contribution in [2.24, 2.45) is 7.05 Å². The number of aryl methyl sites for hydroxylation is 1. The number of hydrogen-bond donors (Lipinski definition) is 3. The molecule has 3 N–H and O–H groups in total. The van der Waals surface area contributed by atoms with Crippen molar-refractivity contribution < 1.29 is 24.2 Å². The van der Waals surface area contributed by atoms with Gasteiger partial charge in [0.15, 0.2) is 0 Å². The van der Waals surface area contributed by atoms with Crippen molar-refractivity contribution in [3.8, 4) is 11.1 Å². The van der Waals surface area contributed by atoms with E-state index in [0.717, 1.165) is 27.8 Å². The summed E-state index contributed by atoms with van der Waals surface area (Å²) in [7, 11) is 1.77. The van der Waals surface area contributed by atoms with Crippen LogP contribution in [0.4, 0.5) is 4.79 Å². The van der Waals surface area contributed by atoms with Crippen molar-refractivity contribution in [2.45, 2.75) is 37.8 Å². The van der Waals surface area contributed by atoms with Gasteiger partial charge in [0.25, 0.3) is 0 Å². The number of nitrogens with zero attached hydrogens (tertiary/aromatic N) is 2. The third kappa shape index (κ3) is 5.51. The monoisotopic (exact) mass is 476 g/mol. The van der Waals surface area contributed by atoms with Crippen LogP contribution in [-0.4, -0.2) is 45.5 Å². The van der Waals surface area contributed by atoms with E-state index in [4.69, 9.17) is 9.84 Å². The zero-order valence-corrected chi connectivity index (χ0v) is 19.6. The zero-order chi connectivity index (χ0) is 24.9. The predicted molar refractivity (Wildman–Crippen MR) is 129 cm³/mol. The average molecular weight is 477 g/mol. The third-order valence-corrected chi connectivity index (χ3v) is 6.18. The van der Waals surface area contributed by atoms with Crippen LogP contribution in [0, 0.1) is 0 Å². The van der Waals surface area contributed by atoms with Crippen LogP contribution in [0.25, 0.3) is 11.1 Å². The Hall–Kier alpha value is -4.14. The summed E-state index contributed by atoms with van der Waals surface area (Å²) in [6, 6.07) is 14.6. The Bertz CT molecular complexity index is 1190. The van der Waals surface area contributed by atoms with Crippen LogP contribution in [0.5, 0.6) is 0 Å². The van der Waals surface area contributed by atoms with E-state index >= 15 is 0 Å². The highest BCUT2D eigenvalue weighted by Crippen LogP contribution is 2.44. The maximum atomic E-state index is 12.9. The largest absolute Gasteiger partial charge is 0.481 e. The number of benzene rings is 2. The summed E-state index contributed by atoms with van der Waals surface area (Å²) in [6.45, 7) is 1.88. The fourth-order valence-electron chi connectivity index (χ4n) is 4.38. The predicted octanol–water partition coefficient (Wildman–Crippen LogP) is 3.37. The van der Waals surface area contributed by atoms with Gasteiger partial charge in [0.1, 0.15) is 12.6 Å². The number of hydrogen-bond acceptors (Lipinski definition) is 5. The van der Waals surface area contributed by atoms with Crippen molar-refractivity contribution >= 4 is 18.0 Å². The van der Waals surface area contributed by atoms with Gasteiger partial charge in [0.05, 0.1) is 12.2 Å². The molecule has 9 heteroatoms. The minimum absolute atomic E-state index is 0.0644. The van der Waals surface area contributed by atoms with Gasteiger partial charge in [-0.2, -0.15) is 5.10 Å². The number of carboxylic acids is 1. The lowest BCUT2D eigenvalue weighted by Gasteiger charge is -2.21. The second-order valence-electron chi connectivity index (χ2n) is 8.63. The first kappa shape index (κ1) is 24.0. The summed E-state index contributed by atoms with van der Waals surface area (Å²) in [6.07, 6.45) is 2.30. The van der Waals surface area contributed by atoms with Gasteiger partial charge < -0.3 is 20.5 Å². The van der Waals surface area contributed by atoms with E-state index in [1.165, 1.54) is 0 Å². The third-order valence-electron chi connectivity index (χ3n) is 6.18. The van der Waals surface area contributed by atoms with Crippen LogP contribution >= 0.6 is 0 Å². The summed E-state index contributed by atoms with van der Waals surface area (Å²) in [5.41, 5.74) is 5.17. The molecule has 2 amide bonds. The Labute approximate surface area is 203 Å². The van der Waals surface area contributed by atoms with Gasteiger partial charge in [-0.15, -0.1) is 0 Å². The molecule has 35 heavy (non-hydrogen) atoms. The number of rotatable bonds is 9. The number of aliphatic carboxylic acids is 1. The number of nitrogens with one attached hydrogen (secondary N) is 2. The molecule has 1 aromatic heterocycles. The Kier molecular flexibility index (Phi) is 7.14. The van der Waals surface area contributed by atoms with Crippen LogP contribution in [0.15, 0.2) is 60.9 Å². The number of aromatic nitrogens is 2. The number of carboxylic acid groups (broad SMARTS) is 1. The molecule has 1 aliphatic carbocycles. The van der Waals surface area contributed by atoms with Crippen molar-refractivity contribution in [1.82, 2.24) is 20.4 Å². The Balaban J connectivity index is 1.41. The lowest BCUT2D eigenvalue weighted by molar-refractivity contribution is -0.137. The van der Waals surface area contributed by atoms with Gasteiger partial charge in [-0.1, -0.05) is 48.5 Å². The molecular weight excluding hydrogens is 448 g/mol. The Morgan fingerprint density at radius 3 is 2.26 bits per heavy atom. The van der Waals surface area contributed by atoms with E-state index in [1.807, 2.05) is 48.5 Å². The van der Waals surface area contributed by atoms with Crippen LogP contribution in [0.1, 0.15) is 48.4 Å². The Morgan fingerprint density at radius 2 is 1.69 bits per heavy atom. The maximum Gasteiger partial charge on any atom is 0.407 e. The average Bonchev–Trinajstić information content (AvgIpc) is 3.41. The molecule has 4 rings (SSSR count). The van der Waals surface area contributed by atoms with E-state index in [0.29, 0.717) is 0 Å². The van der Waals surface area contributed by atoms with Crippen molar-refractivity contribution in [1.29, 1.82) is 0 Å². The normalized spacial score (nSPS) is 13.9. The minimum Gasteiger partial charge on any atom is -0.481 e. The molecule has 2 aromatic carbocycles. The van der Waals surface area contributed by atoms with E-state index in [1.54, 1.807) is 31.0 Å². The first-order valence-electron chi connectivity index (χ1n) is 11.5. The van der Waals surface area contributed by atoms with E-state index < -0.39 is 24.0 Å². The molecule has 182 valence electrons. The lowest BCUT2D eigenvalue weighted by Crippen LogP contribution is -2.47. The number of ether oxygens (including phenoxy) is 1. The molecule has 0 aliphatic heterocycles. The first-order chi connectivity index (χ1) is 16.8. The molecule has 0 saturated heterocycles. The molecule has 2 unspecified atom stereocenters. The Morgan fingerprint density at radius 1 is 1.06 bits per heavy atom. The molecule has 0 saturated carbocycles. The molecular formula is C26H28N4O5. The molecule has 0 radical (unpaired) electrons. The van der Waals surface area contributed by atoms with Crippen LogP contribution in [-0.2, 0) is 21.4 Å². The lowest BCUT2D eigenvalue weighted by atomic mass is 9.98. The highest BCUT2D eigenvalue weighted by atomic mass is 16.5. The molecule has 3 aromatic rings. The van der Waals surface area contributed by atoms with E-state index in [9.17, 15) is 14.4 Å². The smallest absolute Gasteiger partial charge is 0.407 e. The fraction of sp³-hybridized carbons (Fsp3) is 0.308. The molecule has 1 aliphatic rings. The second-order valence-corrected chi connectivity index (χ2v) is 8.63. The maximum absolute atomic E-state index is 12.9. The number of fused-ring (bicyclic) bond motifs is 3. The highest BCUT2D eigenvalue weighted by molar-refractivity contribution is 5.86. The zero-order valence-electron chi connectivity index (χ0n) is 19.6. The number of carbonyl (C=O) groups is 3. The number of carbonyl (C=O) groups excluding carboxylic acids is 2. The van der Waals surface area contributed by atoms with Gasteiger partial charge in [0.2, 0.25) is 5.91 Å². The first-order valence-corrected chi connectivity index (χ1v) is 11.5. The standard InChI is InChI=1S/C26H28N4O5/c1-16(17-13-27-30(2)14-17)28-25(33)23(11-12-24(31)32)29-26(34)35-15-22-20-9-5-3-7-18(20)19-8-4-6-10-21(19)22/h3-10,13-14,16,22-23H,11-12,15H2,1-2H3,(H,28,33)(H,29,34)(H,31,32). The SMILES string of the molecule is CC(NC(=O)C(CCC(=O)O)NC(=O)OCC1c2ccccc2-c2ccccc21)c1cnn(C)c1. The number of alkyl carbamates (subject to hydrolysis) is 1. The highest BCUT2D eigenvalue weighted by Gasteiger charge is 2.30. The van der Waals surface area contributed by atoms with Crippen molar-refractivity contribution in [3.63, 3.8) is 0 Å². The van der Waals surface area contributed by atoms with Crippen molar-refractivity contribution in [2.75, 3.05) is 6.61 Å².